The van der Waals surface area contributed by atoms with Crippen LogP contribution in [0.15, 0.2) is 30.3 Å². The molecule has 1 aliphatic heterocycles. The second-order valence-corrected chi connectivity index (χ2v) is 5.13. The molecule has 0 bridgehead atoms. The van der Waals surface area contributed by atoms with E-state index in [1.54, 1.807) is 0 Å². The van der Waals surface area contributed by atoms with Crippen molar-refractivity contribution in [3.8, 4) is 0 Å². The third-order valence-corrected chi connectivity index (χ3v) is 4.13. The average molecular weight is 232 g/mol. The molecule has 1 saturated carbocycles. The summed E-state index contributed by atoms with van der Waals surface area (Å²) in [7, 11) is 0. The smallest absolute Gasteiger partial charge is 0.324 e. The van der Waals surface area contributed by atoms with Crippen LogP contribution >= 0.6 is 0 Å². The lowest BCUT2D eigenvalue weighted by molar-refractivity contribution is -0.140. The molecule has 2 aliphatic rings. The molecular weight excluding hydrogens is 216 g/mol. The molecule has 90 valence electrons. The van der Waals surface area contributed by atoms with E-state index in [4.69, 9.17) is 10.8 Å². The minimum absolute atomic E-state index is 0.142. The molecule has 2 atom stereocenters. The number of aliphatic carboxylic acids is 1. The number of benzene rings is 1. The number of likely N-dealkylation sites (tertiary alicyclic amines) is 1. The van der Waals surface area contributed by atoms with Crippen LogP contribution in [0.2, 0.25) is 0 Å². The maximum absolute atomic E-state index is 11.0. The van der Waals surface area contributed by atoms with Gasteiger partial charge in [-0.05, 0) is 5.56 Å². The van der Waals surface area contributed by atoms with E-state index in [0.29, 0.717) is 0 Å². The fourth-order valence-corrected chi connectivity index (χ4v) is 3.04. The van der Waals surface area contributed by atoms with Crippen molar-refractivity contribution in [2.24, 2.45) is 17.6 Å². The highest BCUT2D eigenvalue weighted by molar-refractivity contribution is 5.84. The normalized spacial score (nSPS) is 35.6. The summed E-state index contributed by atoms with van der Waals surface area (Å²) in [5, 5.41) is 9.05. The molecule has 4 nitrogen and oxygen atoms in total. The molecule has 0 spiro atoms. The maximum atomic E-state index is 11.0. The van der Waals surface area contributed by atoms with E-state index in [0.717, 1.165) is 19.6 Å². The van der Waals surface area contributed by atoms with Crippen LogP contribution in [0.1, 0.15) is 5.56 Å². The number of nitrogens with two attached hydrogens (primary N) is 1. The van der Waals surface area contributed by atoms with Gasteiger partial charge in [0.15, 0.2) is 0 Å². The molecule has 0 aromatic heterocycles. The van der Waals surface area contributed by atoms with Crippen LogP contribution in [0.3, 0.4) is 0 Å². The molecular formula is C13H16N2O2. The second kappa shape index (κ2) is 3.55. The fraction of sp³-hybridized carbons (Fsp3) is 0.462. The lowest BCUT2D eigenvalue weighted by Crippen LogP contribution is -2.43. The van der Waals surface area contributed by atoms with Gasteiger partial charge in [-0.3, -0.25) is 9.69 Å². The van der Waals surface area contributed by atoms with Gasteiger partial charge in [0, 0.05) is 31.5 Å². The van der Waals surface area contributed by atoms with E-state index in [1.165, 1.54) is 5.56 Å². The maximum Gasteiger partial charge on any atom is 0.324 e. The molecule has 17 heavy (non-hydrogen) atoms. The SMILES string of the molecule is NC1(C(=O)O)C2CN(Cc3ccccc3)CC21. The number of fused-ring (bicyclic) bond motifs is 1. The third kappa shape index (κ3) is 1.56. The van der Waals surface area contributed by atoms with Gasteiger partial charge in [0.05, 0.1) is 0 Å². The highest BCUT2D eigenvalue weighted by atomic mass is 16.4. The van der Waals surface area contributed by atoms with Gasteiger partial charge >= 0.3 is 5.97 Å². The Hall–Kier alpha value is -1.39. The van der Waals surface area contributed by atoms with Crippen LogP contribution in [0.5, 0.6) is 0 Å². The van der Waals surface area contributed by atoms with Crippen molar-refractivity contribution in [1.82, 2.24) is 4.90 Å². The first-order valence-electron chi connectivity index (χ1n) is 5.91. The van der Waals surface area contributed by atoms with E-state index in [-0.39, 0.29) is 11.8 Å². The monoisotopic (exact) mass is 232 g/mol. The number of carbonyl (C=O) groups is 1. The largest absolute Gasteiger partial charge is 0.480 e. The van der Waals surface area contributed by atoms with Crippen molar-refractivity contribution < 1.29 is 9.90 Å². The Bertz CT molecular complexity index is 434. The lowest BCUT2D eigenvalue weighted by Gasteiger charge is -2.21. The van der Waals surface area contributed by atoms with Crippen LogP contribution < -0.4 is 5.73 Å². The number of rotatable bonds is 3. The summed E-state index contributed by atoms with van der Waals surface area (Å²) >= 11 is 0. The van der Waals surface area contributed by atoms with Gasteiger partial charge in [-0.15, -0.1) is 0 Å². The Balaban J connectivity index is 1.61. The molecule has 1 aromatic rings. The van der Waals surface area contributed by atoms with Crippen LogP contribution in [-0.4, -0.2) is 34.6 Å². The Kier molecular flexibility index (Phi) is 2.24. The summed E-state index contributed by atoms with van der Waals surface area (Å²) in [6.45, 7) is 2.51. The number of carboxylic acids is 1. The standard InChI is InChI=1S/C13H16N2O2/c14-13(12(16)17)10-7-15(8-11(10)13)6-9-4-2-1-3-5-9/h1-5,10-11H,6-8,14H2,(H,16,17). The number of nitrogens with zero attached hydrogens (tertiary/aromatic N) is 1. The molecule has 4 heteroatoms. The van der Waals surface area contributed by atoms with Crippen LogP contribution in [-0.2, 0) is 11.3 Å². The van der Waals surface area contributed by atoms with E-state index in [2.05, 4.69) is 17.0 Å². The molecule has 1 aliphatic carbocycles. The molecule has 1 aromatic carbocycles. The highest BCUT2D eigenvalue weighted by Crippen LogP contribution is 2.53. The van der Waals surface area contributed by atoms with Crippen molar-refractivity contribution in [3.05, 3.63) is 35.9 Å². The van der Waals surface area contributed by atoms with E-state index >= 15 is 0 Å². The number of carboxylic acid groups (broad SMARTS) is 1. The van der Waals surface area contributed by atoms with Gasteiger partial charge < -0.3 is 10.8 Å². The summed E-state index contributed by atoms with van der Waals surface area (Å²) in [5.74, 6) is -0.556. The third-order valence-electron chi connectivity index (χ3n) is 4.13. The summed E-state index contributed by atoms with van der Waals surface area (Å²) in [5.41, 5.74) is 6.20. The van der Waals surface area contributed by atoms with Crippen LogP contribution in [0.25, 0.3) is 0 Å². The highest BCUT2D eigenvalue weighted by Gasteiger charge is 2.70. The molecule has 2 fully saturated rings. The van der Waals surface area contributed by atoms with E-state index in [1.807, 2.05) is 18.2 Å². The molecule has 0 amide bonds. The molecule has 2 unspecified atom stereocenters. The van der Waals surface area contributed by atoms with E-state index in [9.17, 15) is 4.79 Å². The Morgan fingerprint density at radius 3 is 2.47 bits per heavy atom. The van der Waals surface area contributed by atoms with E-state index < -0.39 is 11.5 Å². The van der Waals surface area contributed by atoms with Gasteiger partial charge in [-0.25, -0.2) is 0 Å². The van der Waals surface area contributed by atoms with Gasteiger partial charge in [0.25, 0.3) is 0 Å². The average Bonchev–Trinajstić information content (AvgIpc) is 2.72. The van der Waals surface area contributed by atoms with Gasteiger partial charge in [-0.1, -0.05) is 30.3 Å². The quantitative estimate of drug-likeness (QED) is 0.797. The first-order valence-corrected chi connectivity index (χ1v) is 5.91. The Labute approximate surface area is 100 Å². The molecule has 1 heterocycles. The zero-order valence-electron chi connectivity index (χ0n) is 9.54. The Morgan fingerprint density at radius 2 is 1.94 bits per heavy atom. The van der Waals surface area contributed by atoms with Gasteiger partial charge in [0.1, 0.15) is 5.54 Å². The zero-order chi connectivity index (χ0) is 12.0. The Morgan fingerprint density at radius 1 is 1.35 bits per heavy atom. The topological polar surface area (TPSA) is 66.6 Å². The number of piperidine rings is 1. The zero-order valence-corrected chi connectivity index (χ0v) is 9.54. The predicted molar refractivity (Wildman–Crippen MR) is 63.3 cm³/mol. The van der Waals surface area contributed by atoms with Crippen molar-refractivity contribution in [3.63, 3.8) is 0 Å². The van der Waals surface area contributed by atoms with Crippen molar-refractivity contribution in [1.29, 1.82) is 0 Å². The minimum Gasteiger partial charge on any atom is -0.480 e. The first-order chi connectivity index (χ1) is 8.12. The fourth-order valence-electron chi connectivity index (χ4n) is 3.04. The summed E-state index contributed by atoms with van der Waals surface area (Å²) in [4.78, 5) is 13.3. The molecule has 0 radical (unpaired) electrons. The summed E-state index contributed by atoms with van der Waals surface area (Å²) in [6.07, 6.45) is 0. The second-order valence-electron chi connectivity index (χ2n) is 5.13. The first kappa shape index (κ1) is 10.7. The summed E-state index contributed by atoms with van der Waals surface area (Å²) in [6, 6.07) is 10.2. The van der Waals surface area contributed by atoms with Crippen molar-refractivity contribution in [2.45, 2.75) is 12.1 Å². The summed E-state index contributed by atoms with van der Waals surface area (Å²) < 4.78 is 0. The van der Waals surface area contributed by atoms with Gasteiger partial charge in [-0.2, -0.15) is 0 Å². The molecule has 1 saturated heterocycles. The molecule has 3 rings (SSSR count). The van der Waals surface area contributed by atoms with Crippen molar-refractivity contribution in [2.75, 3.05) is 13.1 Å². The predicted octanol–water partition coefficient (Wildman–Crippen LogP) is 0.530. The number of hydrogen-bond donors (Lipinski definition) is 2. The number of hydrogen-bond acceptors (Lipinski definition) is 3. The lowest BCUT2D eigenvalue weighted by atomic mass is 10.1. The van der Waals surface area contributed by atoms with Crippen LogP contribution in [0.4, 0.5) is 0 Å². The minimum atomic E-state index is -0.937. The van der Waals surface area contributed by atoms with Crippen molar-refractivity contribution >= 4 is 5.97 Å². The van der Waals surface area contributed by atoms with Crippen LogP contribution in [0, 0.1) is 11.8 Å². The van der Waals surface area contributed by atoms with Gasteiger partial charge in [0.2, 0.25) is 0 Å². The molecule has 3 N–H and O–H groups in total.